The molecule has 2 amide bonds. The lowest BCUT2D eigenvalue weighted by molar-refractivity contribution is -0.139. The van der Waals surface area contributed by atoms with Gasteiger partial charge in [-0.25, -0.2) is 9.59 Å². The van der Waals surface area contributed by atoms with Gasteiger partial charge in [-0.2, -0.15) is 0 Å². The maximum absolute atomic E-state index is 11.8. The SMILES string of the molecule is CCN(CC)CC(NC(=O)Nc1ccccc1)C(=O)O. The maximum Gasteiger partial charge on any atom is 0.327 e. The average Bonchev–Trinajstić information content (AvgIpc) is 2.44. The second-order valence-corrected chi connectivity index (χ2v) is 4.34. The summed E-state index contributed by atoms with van der Waals surface area (Å²) >= 11 is 0. The minimum Gasteiger partial charge on any atom is -0.480 e. The fourth-order valence-corrected chi connectivity index (χ4v) is 1.77. The van der Waals surface area contributed by atoms with Gasteiger partial charge in [0.15, 0.2) is 0 Å². The number of nitrogens with one attached hydrogen (secondary N) is 2. The van der Waals surface area contributed by atoms with Gasteiger partial charge in [-0.05, 0) is 25.2 Å². The summed E-state index contributed by atoms with van der Waals surface area (Å²) in [6.07, 6.45) is 0. The number of carbonyl (C=O) groups excluding carboxylic acids is 1. The highest BCUT2D eigenvalue weighted by Crippen LogP contribution is 2.04. The van der Waals surface area contributed by atoms with Crippen molar-refractivity contribution in [2.45, 2.75) is 19.9 Å². The van der Waals surface area contributed by atoms with Crippen LogP contribution in [0.15, 0.2) is 30.3 Å². The molecule has 6 nitrogen and oxygen atoms in total. The van der Waals surface area contributed by atoms with Crippen molar-refractivity contribution >= 4 is 17.7 Å². The quantitative estimate of drug-likeness (QED) is 0.708. The third-order valence-electron chi connectivity index (χ3n) is 2.97. The number of amides is 2. The first-order valence-corrected chi connectivity index (χ1v) is 6.64. The second-order valence-electron chi connectivity index (χ2n) is 4.34. The number of carboxylic acids is 1. The zero-order valence-corrected chi connectivity index (χ0v) is 11.8. The van der Waals surface area contributed by atoms with Crippen LogP contribution >= 0.6 is 0 Å². The molecule has 0 saturated heterocycles. The normalized spacial score (nSPS) is 11.9. The van der Waals surface area contributed by atoms with E-state index in [0.29, 0.717) is 5.69 Å². The van der Waals surface area contributed by atoms with Crippen LogP contribution in [-0.4, -0.2) is 47.7 Å². The lowest BCUT2D eigenvalue weighted by Crippen LogP contribution is -2.49. The van der Waals surface area contributed by atoms with Crippen LogP contribution in [0.5, 0.6) is 0 Å². The van der Waals surface area contributed by atoms with Crippen LogP contribution in [0.1, 0.15) is 13.8 Å². The van der Waals surface area contributed by atoms with E-state index in [9.17, 15) is 9.59 Å². The van der Waals surface area contributed by atoms with E-state index in [1.165, 1.54) is 0 Å². The van der Waals surface area contributed by atoms with Gasteiger partial charge < -0.3 is 20.6 Å². The number of nitrogens with zero attached hydrogens (tertiary/aromatic N) is 1. The van der Waals surface area contributed by atoms with Crippen molar-refractivity contribution in [3.8, 4) is 0 Å². The van der Waals surface area contributed by atoms with Gasteiger partial charge >= 0.3 is 12.0 Å². The lowest BCUT2D eigenvalue weighted by Gasteiger charge is -2.23. The molecule has 0 aliphatic heterocycles. The number of anilines is 1. The topological polar surface area (TPSA) is 81.7 Å². The predicted octanol–water partition coefficient (Wildman–Crippen LogP) is 1.60. The fraction of sp³-hybridized carbons (Fsp3) is 0.429. The van der Waals surface area contributed by atoms with E-state index in [1.807, 2.05) is 24.8 Å². The second kappa shape index (κ2) is 8.16. The maximum atomic E-state index is 11.8. The molecule has 20 heavy (non-hydrogen) atoms. The Morgan fingerprint density at radius 3 is 2.30 bits per heavy atom. The monoisotopic (exact) mass is 279 g/mol. The Morgan fingerprint density at radius 1 is 1.20 bits per heavy atom. The van der Waals surface area contributed by atoms with Gasteiger partial charge in [-0.15, -0.1) is 0 Å². The van der Waals surface area contributed by atoms with Crippen molar-refractivity contribution in [2.75, 3.05) is 25.0 Å². The molecule has 0 saturated carbocycles. The average molecular weight is 279 g/mol. The number of hydrogen-bond donors (Lipinski definition) is 3. The molecule has 110 valence electrons. The molecule has 1 atom stereocenters. The largest absolute Gasteiger partial charge is 0.480 e. The Morgan fingerprint density at radius 2 is 1.80 bits per heavy atom. The minimum atomic E-state index is -1.04. The number of carboxylic acid groups (broad SMARTS) is 1. The van der Waals surface area contributed by atoms with E-state index in [1.54, 1.807) is 24.3 Å². The number of carbonyl (C=O) groups is 2. The van der Waals surface area contributed by atoms with Gasteiger partial charge in [0.25, 0.3) is 0 Å². The summed E-state index contributed by atoms with van der Waals surface area (Å²) in [6, 6.07) is 7.44. The molecule has 1 unspecified atom stereocenters. The van der Waals surface area contributed by atoms with Crippen molar-refractivity contribution in [2.24, 2.45) is 0 Å². The van der Waals surface area contributed by atoms with Crippen LogP contribution in [0.4, 0.5) is 10.5 Å². The van der Waals surface area contributed by atoms with Crippen molar-refractivity contribution in [3.05, 3.63) is 30.3 Å². The van der Waals surface area contributed by atoms with Gasteiger partial charge in [0.1, 0.15) is 6.04 Å². The van der Waals surface area contributed by atoms with Crippen LogP contribution in [0.2, 0.25) is 0 Å². The summed E-state index contributed by atoms with van der Waals surface area (Å²) < 4.78 is 0. The van der Waals surface area contributed by atoms with Crippen LogP contribution in [0.25, 0.3) is 0 Å². The van der Waals surface area contributed by atoms with Gasteiger partial charge in [-0.1, -0.05) is 32.0 Å². The summed E-state index contributed by atoms with van der Waals surface area (Å²) in [4.78, 5) is 24.9. The Kier molecular flexibility index (Phi) is 6.52. The number of para-hydroxylation sites is 1. The fourth-order valence-electron chi connectivity index (χ4n) is 1.77. The molecule has 6 heteroatoms. The first-order valence-electron chi connectivity index (χ1n) is 6.64. The van der Waals surface area contributed by atoms with E-state index in [2.05, 4.69) is 10.6 Å². The van der Waals surface area contributed by atoms with Crippen molar-refractivity contribution in [3.63, 3.8) is 0 Å². The highest BCUT2D eigenvalue weighted by atomic mass is 16.4. The molecule has 1 aromatic carbocycles. The number of hydrogen-bond acceptors (Lipinski definition) is 3. The van der Waals surface area contributed by atoms with Gasteiger partial charge in [0.2, 0.25) is 0 Å². The van der Waals surface area contributed by atoms with Crippen molar-refractivity contribution in [1.82, 2.24) is 10.2 Å². The molecule has 0 bridgehead atoms. The summed E-state index contributed by atoms with van der Waals surface area (Å²) in [5.74, 6) is -1.04. The number of aliphatic carboxylic acids is 1. The summed E-state index contributed by atoms with van der Waals surface area (Å²) in [6.45, 7) is 5.66. The van der Waals surface area contributed by atoms with E-state index in [4.69, 9.17) is 5.11 Å². The molecular weight excluding hydrogens is 258 g/mol. The zero-order chi connectivity index (χ0) is 15.0. The van der Waals surface area contributed by atoms with E-state index in [-0.39, 0.29) is 6.54 Å². The third-order valence-corrected chi connectivity index (χ3v) is 2.97. The Balaban J connectivity index is 2.57. The molecule has 0 aromatic heterocycles. The van der Waals surface area contributed by atoms with E-state index in [0.717, 1.165) is 13.1 Å². The third kappa shape index (κ3) is 5.27. The van der Waals surface area contributed by atoms with Crippen molar-refractivity contribution < 1.29 is 14.7 Å². The Bertz CT molecular complexity index is 433. The van der Waals surface area contributed by atoms with Crippen LogP contribution in [0, 0.1) is 0 Å². The van der Waals surface area contributed by atoms with Crippen LogP contribution in [-0.2, 0) is 4.79 Å². The van der Waals surface area contributed by atoms with E-state index >= 15 is 0 Å². The first kappa shape index (κ1) is 16.0. The summed E-state index contributed by atoms with van der Waals surface area (Å²) in [7, 11) is 0. The molecule has 0 fully saturated rings. The van der Waals surface area contributed by atoms with Crippen LogP contribution < -0.4 is 10.6 Å². The van der Waals surface area contributed by atoms with Gasteiger partial charge in [0.05, 0.1) is 0 Å². The standard InChI is InChI=1S/C14H21N3O3/c1-3-17(4-2)10-12(13(18)19)16-14(20)15-11-8-6-5-7-9-11/h5-9,12H,3-4,10H2,1-2H3,(H,18,19)(H2,15,16,20). The van der Waals surface area contributed by atoms with Crippen LogP contribution in [0.3, 0.4) is 0 Å². The Hall–Kier alpha value is -2.08. The minimum absolute atomic E-state index is 0.282. The molecule has 0 spiro atoms. The molecule has 0 aliphatic rings. The molecule has 0 aliphatic carbocycles. The van der Waals surface area contributed by atoms with Gasteiger partial charge in [-0.3, -0.25) is 0 Å². The molecule has 1 aromatic rings. The summed E-state index contributed by atoms with van der Waals surface area (Å²) in [5.41, 5.74) is 0.622. The number of rotatable bonds is 7. The lowest BCUT2D eigenvalue weighted by atomic mass is 10.2. The smallest absolute Gasteiger partial charge is 0.327 e. The van der Waals surface area contributed by atoms with E-state index < -0.39 is 18.0 Å². The molecule has 3 N–H and O–H groups in total. The molecular formula is C14H21N3O3. The first-order chi connectivity index (χ1) is 9.56. The van der Waals surface area contributed by atoms with Gasteiger partial charge in [0, 0.05) is 12.2 Å². The highest BCUT2D eigenvalue weighted by molar-refractivity contribution is 5.92. The highest BCUT2D eigenvalue weighted by Gasteiger charge is 2.21. The molecule has 1 rings (SSSR count). The molecule has 0 heterocycles. The van der Waals surface area contributed by atoms with Crippen molar-refractivity contribution in [1.29, 1.82) is 0 Å². The summed E-state index contributed by atoms with van der Waals surface area (Å²) in [5, 5.41) is 14.2. The molecule has 0 radical (unpaired) electrons. The predicted molar refractivity (Wildman–Crippen MR) is 77.8 cm³/mol. The zero-order valence-electron chi connectivity index (χ0n) is 11.8. The Labute approximate surface area is 118 Å². The number of likely N-dealkylation sites (N-methyl/N-ethyl adjacent to an activating group) is 1. The number of urea groups is 1. The number of benzene rings is 1.